The summed E-state index contributed by atoms with van der Waals surface area (Å²) in [6.07, 6.45) is 0. The van der Waals surface area contributed by atoms with Gasteiger partial charge in [-0.25, -0.2) is 0 Å². The van der Waals surface area contributed by atoms with Crippen molar-refractivity contribution in [3.63, 3.8) is 0 Å². The zero-order chi connectivity index (χ0) is 35.5. The highest BCUT2D eigenvalue weighted by atomic mass is 16.5. The van der Waals surface area contributed by atoms with Crippen LogP contribution in [0.4, 0.5) is 17.1 Å². The molecule has 0 saturated carbocycles. The van der Waals surface area contributed by atoms with Crippen LogP contribution in [0.15, 0.2) is 188 Å². The van der Waals surface area contributed by atoms with Gasteiger partial charge in [0.2, 0.25) is 0 Å². The Kier molecular flexibility index (Phi) is 7.19. The number of benzene rings is 8. The first kappa shape index (κ1) is 31.1. The highest BCUT2D eigenvalue weighted by Gasteiger charge is 2.36. The molecule has 0 bridgehead atoms. The number of hydrogen-bond acceptors (Lipinski definition) is 2. The van der Waals surface area contributed by atoms with Crippen molar-refractivity contribution < 1.29 is 4.74 Å². The SMILES string of the molecule is CC1(C)c2ccccc2-c2ccc(N(c3ccc(-c4ccccc4)cc3)c3ccc4c(c3)Oc3ccccc3-c3c(-c5ccccc5)cccc3-4)cc21. The average molecular weight is 680 g/mol. The Labute approximate surface area is 311 Å². The molecule has 252 valence electrons. The first-order valence-electron chi connectivity index (χ1n) is 18.3. The Balaban J connectivity index is 1.15. The van der Waals surface area contributed by atoms with Gasteiger partial charge < -0.3 is 9.64 Å². The number of nitrogens with zero attached hydrogens (tertiary/aromatic N) is 1. The number of ether oxygens (including phenoxy) is 1. The van der Waals surface area contributed by atoms with Crippen molar-refractivity contribution in [3.8, 4) is 67.1 Å². The highest BCUT2D eigenvalue weighted by molar-refractivity contribution is 5.99. The second-order valence-corrected chi connectivity index (χ2v) is 14.5. The maximum Gasteiger partial charge on any atom is 0.137 e. The van der Waals surface area contributed by atoms with Gasteiger partial charge in [0.15, 0.2) is 0 Å². The second-order valence-electron chi connectivity index (χ2n) is 14.5. The number of hydrogen-bond donors (Lipinski definition) is 0. The first-order chi connectivity index (χ1) is 26.0. The van der Waals surface area contributed by atoms with E-state index < -0.39 is 0 Å². The monoisotopic (exact) mass is 679 g/mol. The van der Waals surface area contributed by atoms with Crippen LogP contribution in [-0.4, -0.2) is 0 Å². The average Bonchev–Trinajstić information content (AvgIpc) is 3.34. The van der Waals surface area contributed by atoms with Crippen LogP contribution in [0.5, 0.6) is 11.5 Å². The van der Waals surface area contributed by atoms with E-state index in [0.717, 1.165) is 45.3 Å². The van der Waals surface area contributed by atoms with Crippen LogP contribution in [0, 0.1) is 0 Å². The Morgan fingerprint density at radius 2 is 0.906 bits per heavy atom. The molecule has 1 aliphatic carbocycles. The third-order valence-corrected chi connectivity index (χ3v) is 11.1. The van der Waals surface area contributed by atoms with Gasteiger partial charge >= 0.3 is 0 Å². The zero-order valence-electron chi connectivity index (χ0n) is 29.8. The third kappa shape index (κ3) is 5.10. The fourth-order valence-electron chi connectivity index (χ4n) is 8.48. The van der Waals surface area contributed by atoms with Gasteiger partial charge in [-0.3, -0.25) is 0 Å². The minimum Gasteiger partial charge on any atom is -0.456 e. The molecule has 0 aromatic heterocycles. The Bertz CT molecular complexity index is 2660. The normalized spacial score (nSPS) is 13.0. The van der Waals surface area contributed by atoms with Crippen molar-refractivity contribution in [3.05, 3.63) is 199 Å². The van der Waals surface area contributed by atoms with E-state index in [-0.39, 0.29) is 5.41 Å². The molecule has 0 unspecified atom stereocenters. The van der Waals surface area contributed by atoms with Crippen LogP contribution >= 0.6 is 0 Å². The molecule has 0 N–H and O–H groups in total. The molecule has 0 amide bonds. The number of fused-ring (bicyclic) bond motifs is 8. The summed E-state index contributed by atoms with van der Waals surface area (Å²) in [4.78, 5) is 2.37. The maximum absolute atomic E-state index is 6.94. The van der Waals surface area contributed by atoms with E-state index in [1.165, 1.54) is 50.1 Å². The molecule has 53 heavy (non-hydrogen) atoms. The fraction of sp³-hybridized carbons (Fsp3) is 0.0588. The van der Waals surface area contributed by atoms with Crippen LogP contribution in [0.3, 0.4) is 0 Å². The quantitative estimate of drug-likeness (QED) is 0.180. The molecule has 0 atom stereocenters. The minimum absolute atomic E-state index is 0.120. The van der Waals surface area contributed by atoms with Gasteiger partial charge in [-0.15, -0.1) is 0 Å². The lowest BCUT2D eigenvalue weighted by Gasteiger charge is -2.29. The van der Waals surface area contributed by atoms with Gasteiger partial charge in [-0.05, 0) is 92.5 Å². The molecule has 10 rings (SSSR count). The molecular formula is C51H37NO. The number of anilines is 3. The molecule has 1 heterocycles. The maximum atomic E-state index is 6.94. The van der Waals surface area contributed by atoms with Crippen molar-refractivity contribution in [1.29, 1.82) is 0 Å². The molecule has 2 nitrogen and oxygen atoms in total. The van der Waals surface area contributed by atoms with E-state index in [1.54, 1.807) is 0 Å². The van der Waals surface area contributed by atoms with Crippen molar-refractivity contribution in [1.82, 2.24) is 0 Å². The van der Waals surface area contributed by atoms with E-state index in [1.807, 2.05) is 0 Å². The fourth-order valence-corrected chi connectivity index (χ4v) is 8.48. The molecule has 0 fully saturated rings. The largest absolute Gasteiger partial charge is 0.456 e. The molecule has 0 spiro atoms. The summed E-state index contributed by atoms with van der Waals surface area (Å²) in [7, 11) is 0. The summed E-state index contributed by atoms with van der Waals surface area (Å²) < 4.78 is 6.94. The molecule has 1 aliphatic heterocycles. The summed E-state index contributed by atoms with van der Waals surface area (Å²) in [5, 5.41) is 0. The molecule has 0 saturated heterocycles. The first-order valence-corrected chi connectivity index (χ1v) is 18.3. The van der Waals surface area contributed by atoms with Crippen molar-refractivity contribution in [2.75, 3.05) is 4.90 Å². The lowest BCUT2D eigenvalue weighted by molar-refractivity contribution is 0.488. The van der Waals surface area contributed by atoms with E-state index in [9.17, 15) is 0 Å². The molecule has 0 radical (unpaired) electrons. The topological polar surface area (TPSA) is 12.5 Å². The summed E-state index contributed by atoms with van der Waals surface area (Å²) in [5.41, 5.74) is 17.7. The van der Waals surface area contributed by atoms with Gasteiger partial charge in [0, 0.05) is 45.2 Å². The van der Waals surface area contributed by atoms with E-state index in [0.29, 0.717) is 0 Å². The summed E-state index contributed by atoms with van der Waals surface area (Å²) in [5.74, 6) is 1.68. The van der Waals surface area contributed by atoms with Crippen LogP contribution in [0.25, 0.3) is 55.6 Å². The van der Waals surface area contributed by atoms with Crippen molar-refractivity contribution in [2.24, 2.45) is 0 Å². The second kappa shape index (κ2) is 12.3. The summed E-state index contributed by atoms with van der Waals surface area (Å²) in [6, 6.07) is 67.7. The van der Waals surface area contributed by atoms with E-state index in [2.05, 4.69) is 207 Å². The lowest BCUT2D eigenvalue weighted by atomic mass is 9.82. The molecule has 8 aromatic carbocycles. The van der Waals surface area contributed by atoms with E-state index >= 15 is 0 Å². The molecule has 2 aliphatic rings. The smallest absolute Gasteiger partial charge is 0.137 e. The van der Waals surface area contributed by atoms with Crippen LogP contribution in [0.1, 0.15) is 25.0 Å². The number of para-hydroxylation sites is 1. The third-order valence-electron chi connectivity index (χ3n) is 11.1. The number of rotatable bonds is 5. The molecule has 2 heteroatoms. The Hall–Kier alpha value is -6.64. The van der Waals surface area contributed by atoms with Crippen molar-refractivity contribution >= 4 is 17.1 Å². The Morgan fingerprint density at radius 3 is 1.68 bits per heavy atom. The van der Waals surface area contributed by atoms with Gasteiger partial charge in [0.1, 0.15) is 11.5 Å². The van der Waals surface area contributed by atoms with Crippen LogP contribution < -0.4 is 9.64 Å². The lowest BCUT2D eigenvalue weighted by Crippen LogP contribution is -2.16. The van der Waals surface area contributed by atoms with Crippen LogP contribution in [0.2, 0.25) is 0 Å². The summed E-state index contributed by atoms with van der Waals surface area (Å²) >= 11 is 0. The highest BCUT2D eigenvalue weighted by Crippen LogP contribution is 2.53. The zero-order valence-corrected chi connectivity index (χ0v) is 29.8. The summed E-state index contributed by atoms with van der Waals surface area (Å²) in [6.45, 7) is 4.69. The molecular weight excluding hydrogens is 643 g/mol. The Morgan fingerprint density at radius 1 is 0.358 bits per heavy atom. The van der Waals surface area contributed by atoms with Crippen LogP contribution in [-0.2, 0) is 5.41 Å². The standard InChI is InChI=1S/C51H37NO/c1-51(2)46-22-11-9-18-41(46)42-30-28-38(32-47(42)51)52(37-26-24-35(25-27-37)34-14-5-3-6-15-34)39-29-31-43-44-21-13-20-40(36-16-7-4-8-17-36)50(44)45-19-10-12-23-48(45)53-49(43)33-39/h3-33H,1-2H3. The predicted molar refractivity (Wildman–Crippen MR) is 221 cm³/mol. The molecule has 8 aromatic rings. The van der Waals surface area contributed by atoms with Gasteiger partial charge in [-0.2, -0.15) is 0 Å². The van der Waals surface area contributed by atoms with Gasteiger partial charge in [0.25, 0.3) is 0 Å². The minimum atomic E-state index is -0.120. The predicted octanol–water partition coefficient (Wildman–Crippen LogP) is 14.2. The van der Waals surface area contributed by atoms with E-state index in [4.69, 9.17) is 4.74 Å². The van der Waals surface area contributed by atoms with Gasteiger partial charge in [0.05, 0.1) is 0 Å². The van der Waals surface area contributed by atoms with Crippen molar-refractivity contribution in [2.45, 2.75) is 19.3 Å². The van der Waals surface area contributed by atoms with Gasteiger partial charge in [-0.1, -0.05) is 153 Å².